The zero-order valence-corrected chi connectivity index (χ0v) is 23.6. The quantitative estimate of drug-likeness (QED) is 0.271. The van der Waals surface area contributed by atoms with Crippen LogP contribution in [-0.2, 0) is 0 Å². The monoisotopic (exact) mass is 571 g/mol. The van der Waals surface area contributed by atoms with Gasteiger partial charge < -0.3 is 10.2 Å². The van der Waals surface area contributed by atoms with Gasteiger partial charge in [0.15, 0.2) is 22.1 Å². The zero-order valence-electron chi connectivity index (χ0n) is 22.8. The van der Waals surface area contributed by atoms with Gasteiger partial charge in [-0.3, -0.25) is 9.78 Å². The number of fused-ring (bicyclic) bond motifs is 1. The van der Waals surface area contributed by atoms with Gasteiger partial charge in [-0.1, -0.05) is 29.9 Å². The predicted octanol–water partition coefficient (Wildman–Crippen LogP) is 6.32. The van der Waals surface area contributed by atoms with Crippen LogP contribution in [0.2, 0.25) is 0 Å². The highest BCUT2D eigenvalue weighted by Gasteiger charge is 2.13. The highest BCUT2D eigenvalue weighted by Crippen LogP contribution is 2.23. The number of allylic oxidation sites excluding steroid dienone is 1. The molecule has 0 aromatic carbocycles. The Labute approximate surface area is 235 Å². The lowest BCUT2D eigenvalue weighted by Gasteiger charge is -2.26. The molecule has 0 saturated heterocycles. The molecule has 4 aromatic heterocycles. The van der Waals surface area contributed by atoms with Crippen molar-refractivity contribution in [3.8, 4) is 10.7 Å². The van der Waals surface area contributed by atoms with Crippen molar-refractivity contribution in [2.45, 2.75) is 40.0 Å². The normalized spacial score (nSPS) is 13.9. The minimum absolute atomic E-state index is 0.0718. The molecule has 0 fully saturated rings. The molecule has 1 aliphatic heterocycles. The van der Waals surface area contributed by atoms with E-state index in [4.69, 9.17) is 0 Å². The minimum Gasteiger partial charge on any atom is -0.365 e. The van der Waals surface area contributed by atoms with Gasteiger partial charge in [-0.2, -0.15) is 5.10 Å². The van der Waals surface area contributed by atoms with Crippen LogP contribution in [0.4, 0.5) is 13.2 Å². The SMILES string of the molecule is CCC(C)=CNC1=C(C)CN(C)CC1.FC(F)c1cccc2ccnn12.O=Cc1nnc(-c2ncccc2F)s1. The zero-order chi connectivity index (χ0) is 29.1. The molecule has 0 amide bonds. The summed E-state index contributed by atoms with van der Waals surface area (Å²) >= 11 is 1.01. The van der Waals surface area contributed by atoms with Crippen LogP contribution in [0.1, 0.15) is 55.5 Å². The van der Waals surface area contributed by atoms with E-state index in [1.54, 1.807) is 18.2 Å². The lowest BCUT2D eigenvalue weighted by atomic mass is 10.1. The Balaban J connectivity index is 0.000000166. The molecular weight excluding hydrogens is 539 g/mol. The van der Waals surface area contributed by atoms with E-state index in [1.807, 2.05) is 0 Å². The fourth-order valence-electron chi connectivity index (χ4n) is 3.66. The average molecular weight is 572 g/mol. The predicted molar refractivity (Wildman–Crippen MR) is 151 cm³/mol. The first kappa shape index (κ1) is 30.6. The van der Waals surface area contributed by atoms with E-state index in [2.05, 4.69) is 64.5 Å². The summed E-state index contributed by atoms with van der Waals surface area (Å²) in [6.45, 7) is 8.83. The van der Waals surface area contributed by atoms with Crippen LogP contribution >= 0.6 is 11.3 Å². The summed E-state index contributed by atoms with van der Waals surface area (Å²) in [5.74, 6) is -0.471. The molecule has 212 valence electrons. The standard InChI is InChI=1S/C12H22N2.C8H6F2N2.C8H4FN3OS/c1-5-10(2)8-13-12-6-7-14(4)9-11(12)3;9-8(10)7-3-1-2-6-4-5-11-12(6)7;9-5-2-1-3-10-7(5)8-12-11-6(4-13)14-8/h8,13H,5-7,9H2,1-4H3;1-5,8H;1-4H. The van der Waals surface area contributed by atoms with Crippen molar-refractivity contribution in [1.29, 1.82) is 0 Å². The van der Waals surface area contributed by atoms with Gasteiger partial charge >= 0.3 is 0 Å². The number of aldehydes is 1. The number of nitrogens with one attached hydrogen (secondary N) is 1. The van der Waals surface area contributed by atoms with E-state index >= 15 is 0 Å². The summed E-state index contributed by atoms with van der Waals surface area (Å²) in [4.78, 5) is 16.5. The van der Waals surface area contributed by atoms with Crippen molar-refractivity contribution in [3.05, 3.63) is 88.4 Å². The second-order valence-corrected chi connectivity index (χ2v) is 10.1. The third kappa shape index (κ3) is 8.55. The van der Waals surface area contributed by atoms with Crippen molar-refractivity contribution >= 4 is 23.1 Å². The largest absolute Gasteiger partial charge is 0.365 e. The van der Waals surface area contributed by atoms with Crippen LogP contribution in [0.5, 0.6) is 0 Å². The van der Waals surface area contributed by atoms with Gasteiger partial charge in [0.05, 0.1) is 5.52 Å². The molecule has 8 nitrogen and oxygen atoms in total. The number of rotatable bonds is 6. The number of pyridine rings is 2. The second-order valence-electron chi connectivity index (χ2n) is 9.05. The smallest absolute Gasteiger partial charge is 0.280 e. The lowest BCUT2D eigenvalue weighted by Crippen LogP contribution is -2.30. The third-order valence-corrected chi connectivity index (χ3v) is 6.85. The molecule has 0 spiro atoms. The van der Waals surface area contributed by atoms with Crippen molar-refractivity contribution in [1.82, 2.24) is 35.0 Å². The summed E-state index contributed by atoms with van der Waals surface area (Å²) in [7, 11) is 2.17. The molecule has 0 bridgehead atoms. The first-order valence-corrected chi connectivity index (χ1v) is 13.4. The van der Waals surface area contributed by atoms with Crippen molar-refractivity contribution in [2.24, 2.45) is 0 Å². The number of carbonyl (C=O) groups is 1. The summed E-state index contributed by atoms with van der Waals surface area (Å²) < 4.78 is 39.0. The summed E-state index contributed by atoms with van der Waals surface area (Å²) in [6.07, 6.45) is 5.47. The highest BCUT2D eigenvalue weighted by atomic mass is 32.1. The van der Waals surface area contributed by atoms with Crippen molar-refractivity contribution in [3.63, 3.8) is 0 Å². The second kappa shape index (κ2) is 15.0. The van der Waals surface area contributed by atoms with Crippen LogP contribution in [0, 0.1) is 5.82 Å². The molecule has 0 saturated carbocycles. The topological polar surface area (TPSA) is 88.3 Å². The maximum atomic E-state index is 13.2. The first-order chi connectivity index (χ1) is 19.2. The van der Waals surface area contributed by atoms with Gasteiger partial charge in [-0.15, -0.1) is 10.2 Å². The Bertz CT molecular complexity index is 1460. The fourth-order valence-corrected chi connectivity index (χ4v) is 4.32. The molecule has 5 rings (SSSR count). The van der Waals surface area contributed by atoms with E-state index in [-0.39, 0.29) is 16.4 Å². The summed E-state index contributed by atoms with van der Waals surface area (Å²) in [6, 6.07) is 9.15. The number of aromatic nitrogens is 5. The molecule has 5 heterocycles. The number of alkyl halides is 2. The van der Waals surface area contributed by atoms with E-state index in [9.17, 15) is 18.0 Å². The Morgan fingerprint density at radius 3 is 2.62 bits per heavy atom. The number of halogens is 3. The first-order valence-electron chi connectivity index (χ1n) is 12.6. The average Bonchev–Trinajstić information content (AvgIpc) is 3.63. The molecule has 4 aromatic rings. The number of hydrogen-bond acceptors (Lipinski definition) is 8. The van der Waals surface area contributed by atoms with Crippen LogP contribution < -0.4 is 5.32 Å². The molecule has 1 N–H and O–H groups in total. The molecule has 0 aliphatic carbocycles. The van der Waals surface area contributed by atoms with Crippen LogP contribution in [-0.4, -0.2) is 56.1 Å². The Morgan fingerprint density at radius 1 is 1.18 bits per heavy atom. The maximum Gasteiger partial charge on any atom is 0.280 e. The Morgan fingerprint density at radius 2 is 1.98 bits per heavy atom. The number of hydrogen-bond donors (Lipinski definition) is 1. The fraction of sp³-hybridized carbons (Fsp3) is 0.321. The number of likely N-dealkylation sites (N-methyl/N-ethyl adjacent to an activating group) is 1. The van der Waals surface area contributed by atoms with E-state index in [0.29, 0.717) is 16.8 Å². The number of nitrogens with zero attached hydrogens (tertiary/aromatic N) is 6. The van der Waals surface area contributed by atoms with Crippen molar-refractivity contribution < 1.29 is 18.0 Å². The molecule has 0 radical (unpaired) electrons. The van der Waals surface area contributed by atoms with Crippen LogP contribution in [0.15, 0.2) is 71.8 Å². The van der Waals surface area contributed by atoms with Crippen LogP contribution in [0.25, 0.3) is 16.2 Å². The van der Waals surface area contributed by atoms with Crippen LogP contribution in [0.3, 0.4) is 0 Å². The Hall–Kier alpha value is -3.90. The molecule has 12 heteroatoms. The lowest BCUT2D eigenvalue weighted by molar-refractivity contribution is 0.112. The summed E-state index contributed by atoms with van der Waals surface area (Å²) in [5.41, 5.74) is 5.03. The molecule has 1 aliphatic rings. The van der Waals surface area contributed by atoms with Gasteiger partial charge in [-0.05, 0) is 69.4 Å². The highest BCUT2D eigenvalue weighted by molar-refractivity contribution is 7.16. The molecule has 40 heavy (non-hydrogen) atoms. The van der Waals surface area contributed by atoms with Gasteiger partial charge in [0, 0.05) is 37.6 Å². The van der Waals surface area contributed by atoms with Gasteiger partial charge in [0.25, 0.3) is 6.43 Å². The minimum atomic E-state index is -2.48. The molecular formula is C28H32F3N7OS. The van der Waals surface area contributed by atoms with Gasteiger partial charge in [0.2, 0.25) is 0 Å². The summed E-state index contributed by atoms with van der Waals surface area (Å²) in [5, 5.41) is 14.9. The maximum absolute atomic E-state index is 13.2. The molecule has 0 unspecified atom stereocenters. The van der Waals surface area contributed by atoms with E-state index in [0.717, 1.165) is 30.7 Å². The number of carbonyl (C=O) groups excluding carboxylic acids is 1. The van der Waals surface area contributed by atoms with Crippen molar-refractivity contribution in [2.75, 3.05) is 20.1 Å². The third-order valence-electron chi connectivity index (χ3n) is 5.99. The van der Waals surface area contributed by atoms with Gasteiger partial charge in [0.1, 0.15) is 11.4 Å². The van der Waals surface area contributed by atoms with Gasteiger partial charge in [-0.25, -0.2) is 17.7 Å². The van der Waals surface area contributed by atoms with E-state index < -0.39 is 12.2 Å². The van der Waals surface area contributed by atoms with E-state index in [1.165, 1.54) is 58.5 Å². The molecule has 0 atom stereocenters. The Kier molecular flexibility index (Phi) is 11.5.